The van der Waals surface area contributed by atoms with Crippen LogP contribution in [0.4, 0.5) is 0 Å². The zero-order valence-electron chi connectivity index (χ0n) is 15.0. The Morgan fingerprint density at radius 2 is 1.38 bits per heavy atom. The number of aliphatic hydroxyl groups is 4. The van der Waals surface area contributed by atoms with Crippen molar-refractivity contribution in [3.8, 4) is 0 Å². The second-order valence-electron chi connectivity index (χ2n) is 6.12. The predicted molar refractivity (Wildman–Crippen MR) is 93.8 cm³/mol. The van der Waals surface area contributed by atoms with Gasteiger partial charge in [0.05, 0.1) is 12.2 Å². The Morgan fingerprint density at radius 3 is 1.92 bits per heavy atom. The Bertz CT molecular complexity index is 446. The molecule has 0 fully saturated rings. The fourth-order valence-electron chi connectivity index (χ4n) is 2.24. The van der Waals surface area contributed by atoms with Crippen LogP contribution in [0.5, 0.6) is 0 Å². The van der Waals surface area contributed by atoms with Gasteiger partial charge in [0, 0.05) is 25.0 Å². The molecule has 8 nitrogen and oxygen atoms in total. The molecule has 0 aromatic heterocycles. The Kier molecular flexibility index (Phi) is 12.6. The molecule has 2 unspecified atom stereocenters. The minimum atomic E-state index is -2.04. The van der Waals surface area contributed by atoms with Gasteiger partial charge in [0.1, 0.15) is 13.2 Å². The number of esters is 2. The van der Waals surface area contributed by atoms with Crippen molar-refractivity contribution in [2.24, 2.45) is 0 Å². The third-order valence-corrected chi connectivity index (χ3v) is 3.60. The fraction of sp³-hybridized carbons (Fsp3) is 0.667. The molecular weight excluding hydrogens is 344 g/mol. The summed E-state index contributed by atoms with van der Waals surface area (Å²) in [6.07, 6.45) is 2.99. The zero-order chi connectivity index (χ0) is 20.0. The second kappa shape index (κ2) is 13.5. The summed E-state index contributed by atoms with van der Waals surface area (Å²) < 4.78 is 9.35. The van der Waals surface area contributed by atoms with Crippen LogP contribution in [0.3, 0.4) is 0 Å². The number of unbranched alkanes of at least 4 members (excludes halogenated alkanes) is 3. The summed E-state index contributed by atoms with van der Waals surface area (Å²) in [6, 6.07) is 0. The highest BCUT2D eigenvalue weighted by Crippen LogP contribution is 2.19. The number of carbonyl (C=O) groups is 2. The Balaban J connectivity index is 3.77. The molecule has 0 amide bonds. The summed E-state index contributed by atoms with van der Waals surface area (Å²) in [5.41, 5.74) is 0. The SMILES string of the molecule is C=CC(=O)OCC(O)CCCCCCC(O)(O)CC(O)COC(=O)C=C. The van der Waals surface area contributed by atoms with Crippen molar-refractivity contribution in [1.82, 2.24) is 0 Å². The van der Waals surface area contributed by atoms with E-state index in [1.807, 2.05) is 0 Å². The molecule has 0 spiro atoms. The monoisotopic (exact) mass is 374 g/mol. The van der Waals surface area contributed by atoms with Crippen molar-refractivity contribution in [1.29, 1.82) is 0 Å². The Morgan fingerprint density at radius 1 is 0.885 bits per heavy atom. The summed E-state index contributed by atoms with van der Waals surface area (Å²) >= 11 is 0. The van der Waals surface area contributed by atoms with E-state index in [9.17, 15) is 30.0 Å². The van der Waals surface area contributed by atoms with Crippen LogP contribution >= 0.6 is 0 Å². The quantitative estimate of drug-likeness (QED) is 0.142. The lowest BCUT2D eigenvalue weighted by molar-refractivity contribution is -0.190. The van der Waals surface area contributed by atoms with Gasteiger partial charge < -0.3 is 29.9 Å². The van der Waals surface area contributed by atoms with Gasteiger partial charge in [-0.1, -0.05) is 32.4 Å². The summed E-state index contributed by atoms with van der Waals surface area (Å²) in [7, 11) is 0. The average molecular weight is 374 g/mol. The summed E-state index contributed by atoms with van der Waals surface area (Å²) in [6.45, 7) is 6.06. The number of ether oxygens (including phenoxy) is 2. The van der Waals surface area contributed by atoms with E-state index in [1.54, 1.807) is 0 Å². The van der Waals surface area contributed by atoms with Crippen LogP contribution in [-0.2, 0) is 19.1 Å². The molecule has 26 heavy (non-hydrogen) atoms. The normalized spacial score (nSPS) is 13.5. The number of hydrogen-bond donors (Lipinski definition) is 4. The number of rotatable bonds is 15. The zero-order valence-corrected chi connectivity index (χ0v) is 15.0. The standard InChI is InChI=1S/C18H30O8/c1-3-16(21)25-12-14(19)9-7-5-6-8-10-18(23,24)11-15(20)13-26-17(22)4-2/h3-4,14-15,19-20,23-24H,1-2,5-13H2. The van der Waals surface area contributed by atoms with Gasteiger partial charge in [-0.05, 0) is 12.8 Å². The number of carbonyl (C=O) groups excluding carboxylic acids is 2. The summed E-state index contributed by atoms with van der Waals surface area (Å²) in [5.74, 6) is -3.31. The maximum Gasteiger partial charge on any atom is 0.330 e. The molecule has 0 saturated carbocycles. The lowest BCUT2D eigenvalue weighted by Gasteiger charge is -2.24. The number of aliphatic hydroxyl groups excluding tert-OH is 2. The third kappa shape index (κ3) is 13.5. The first-order valence-corrected chi connectivity index (χ1v) is 8.59. The summed E-state index contributed by atoms with van der Waals surface area (Å²) in [4.78, 5) is 21.7. The Hall–Kier alpha value is -1.74. The molecular formula is C18H30O8. The van der Waals surface area contributed by atoms with Crippen LogP contribution in [0.1, 0.15) is 44.9 Å². The van der Waals surface area contributed by atoms with E-state index >= 15 is 0 Å². The van der Waals surface area contributed by atoms with Gasteiger partial charge in [-0.15, -0.1) is 0 Å². The van der Waals surface area contributed by atoms with E-state index in [2.05, 4.69) is 17.9 Å². The van der Waals surface area contributed by atoms with E-state index in [4.69, 9.17) is 4.74 Å². The van der Waals surface area contributed by atoms with Crippen LogP contribution in [0.25, 0.3) is 0 Å². The molecule has 0 aliphatic carbocycles. The lowest BCUT2D eigenvalue weighted by Crippen LogP contribution is -2.35. The topological polar surface area (TPSA) is 134 Å². The third-order valence-electron chi connectivity index (χ3n) is 3.60. The fourth-order valence-corrected chi connectivity index (χ4v) is 2.24. The predicted octanol–water partition coefficient (Wildman–Crippen LogP) is 0.578. The smallest absolute Gasteiger partial charge is 0.330 e. The largest absolute Gasteiger partial charge is 0.460 e. The van der Waals surface area contributed by atoms with E-state index in [0.29, 0.717) is 25.7 Å². The van der Waals surface area contributed by atoms with Gasteiger partial charge >= 0.3 is 11.9 Å². The van der Waals surface area contributed by atoms with E-state index < -0.39 is 29.9 Å². The van der Waals surface area contributed by atoms with Gasteiger partial charge in [0.2, 0.25) is 0 Å². The van der Waals surface area contributed by atoms with Crippen molar-refractivity contribution in [3.63, 3.8) is 0 Å². The van der Waals surface area contributed by atoms with Crippen LogP contribution in [-0.4, -0.2) is 63.6 Å². The Labute approximate surface area is 153 Å². The molecule has 0 aliphatic heterocycles. The van der Waals surface area contributed by atoms with Crippen molar-refractivity contribution in [3.05, 3.63) is 25.3 Å². The van der Waals surface area contributed by atoms with Crippen molar-refractivity contribution in [2.75, 3.05) is 13.2 Å². The van der Waals surface area contributed by atoms with Gasteiger partial charge in [-0.2, -0.15) is 0 Å². The van der Waals surface area contributed by atoms with Crippen LogP contribution < -0.4 is 0 Å². The molecule has 0 heterocycles. The molecule has 4 N–H and O–H groups in total. The van der Waals surface area contributed by atoms with E-state index in [0.717, 1.165) is 18.6 Å². The first kappa shape index (κ1) is 24.3. The molecule has 0 rings (SSSR count). The van der Waals surface area contributed by atoms with Crippen molar-refractivity contribution >= 4 is 11.9 Å². The molecule has 0 aromatic rings. The minimum Gasteiger partial charge on any atom is -0.460 e. The molecule has 0 radical (unpaired) electrons. The van der Waals surface area contributed by atoms with Gasteiger partial charge in [-0.25, -0.2) is 9.59 Å². The van der Waals surface area contributed by atoms with E-state index in [1.165, 1.54) is 0 Å². The van der Waals surface area contributed by atoms with Crippen molar-refractivity contribution in [2.45, 2.75) is 62.9 Å². The second-order valence-corrected chi connectivity index (χ2v) is 6.12. The molecule has 2 atom stereocenters. The molecule has 0 aliphatic rings. The lowest BCUT2D eigenvalue weighted by atomic mass is 10.0. The number of hydrogen-bond acceptors (Lipinski definition) is 8. The summed E-state index contributed by atoms with van der Waals surface area (Å²) in [5, 5.41) is 38.9. The van der Waals surface area contributed by atoms with Crippen LogP contribution in [0, 0.1) is 0 Å². The van der Waals surface area contributed by atoms with E-state index in [-0.39, 0.29) is 26.1 Å². The molecule has 8 heteroatoms. The molecule has 150 valence electrons. The first-order valence-electron chi connectivity index (χ1n) is 8.59. The highest BCUT2D eigenvalue weighted by Gasteiger charge is 2.26. The van der Waals surface area contributed by atoms with Crippen molar-refractivity contribution < 1.29 is 39.5 Å². The first-order chi connectivity index (χ1) is 12.2. The molecule has 0 bridgehead atoms. The van der Waals surface area contributed by atoms with Gasteiger partial charge in [0.15, 0.2) is 5.79 Å². The average Bonchev–Trinajstić information content (AvgIpc) is 2.59. The maximum atomic E-state index is 10.9. The molecule has 0 saturated heterocycles. The highest BCUT2D eigenvalue weighted by atomic mass is 16.5. The highest BCUT2D eigenvalue weighted by molar-refractivity contribution is 5.81. The van der Waals surface area contributed by atoms with Crippen LogP contribution in [0.2, 0.25) is 0 Å². The molecule has 0 aromatic carbocycles. The van der Waals surface area contributed by atoms with Gasteiger partial charge in [-0.3, -0.25) is 0 Å². The van der Waals surface area contributed by atoms with Crippen LogP contribution in [0.15, 0.2) is 25.3 Å². The minimum absolute atomic E-state index is 0.0684. The van der Waals surface area contributed by atoms with Gasteiger partial charge in [0.25, 0.3) is 0 Å². The maximum absolute atomic E-state index is 10.9.